The van der Waals surface area contributed by atoms with E-state index in [2.05, 4.69) is 31.1 Å². The van der Waals surface area contributed by atoms with E-state index in [-0.39, 0.29) is 11.4 Å². The number of pyridine rings is 1. The number of hydrogen-bond donors (Lipinski definition) is 1. The van der Waals surface area contributed by atoms with E-state index in [0.717, 1.165) is 11.4 Å². The number of halogens is 1. The maximum atomic E-state index is 13.1. The number of rotatable bonds is 5. The lowest BCUT2D eigenvalue weighted by Gasteiger charge is -2.20. The molecule has 4 heteroatoms. The maximum Gasteiger partial charge on any atom is 0.130 e. The van der Waals surface area contributed by atoms with E-state index in [1.165, 1.54) is 12.1 Å². The third-order valence-electron chi connectivity index (χ3n) is 2.85. The highest BCUT2D eigenvalue weighted by Gasteiger charge is 2.09. The summed E-state index contributed by atoms with van der Waals surface area (Å²) in [5.41, 5.74) is 1.84. The summed E-state index contributed by atoms with van der Waals surface area (Å²) in [6, 6.07) is 12.0. The third-order valence-corrected chi connectivity index (χ3v) is 2.85. The molecule has 21 heavy (non-hydrogen) atoms. The molecule has 112 valence electrons. The second kappa shape index (κ2) is 6.68. The number of nitrogens with one attached hydrogen (secondary N) is 1. The summed E-state index contributed by atoms with van der Waals surface area (Å²) in [5.74, 6) is 0.207. The SMILES string of the molecule is CC(C)(C)NCc1cccc(COc2cccc(F)c2)n1. The minimum atomic E-state index is -0.302. The fourth-order valence-electron chi connectivity index (χ4n) is 1.78. The zero-order chi connectivity index (χ0) is 15.3. The van der Waals surface area contributed by atoms with Crippen molar-refractivity contribution in [1.82, 2.24) is 10.3 Å². The average molecular weight is 288 g/mol. The number of hydrogen-bond acceptors (Lipinski definition) is 3. The quantitative estimate of drug-likeness (QED) is 0.911. The number of aromatic nitrogens is 1. The molecule has 2 rings (SSSR count). The Kier molecular flexibility index (Phi) is 4.91. The Hall–Kier alpha value is -1.94. The molecule has 0 radical (unpaired) electrons. The Balaban J connectivity index is 1.95. The zero-order valence-corrected chi connectivity index (χ0v) is 12.7. The first-order valence-corrected chi connectivity index (χ1v) is 7.01. The van der Waals surface area contributed by atoms with Crippen LogP contribution in [0.5, 0.6) is 5.75 Å². The van der Waals surface area contributed by atoms with Gasteiger partial charge in [0.2, 0.25) is 0 Å². The molecule has 1 N–H and O–H groups in total. The van der Waals surface area contributed by atoms with Crippen LogP contribution in [0.3, 0.4) is 0 Å². The summed E-state index contributed by atoms with van der Waals surface area (Å²) in [6.45, 7) is 7.38. The molecule has 0 bridgehead atoms. The number of nitrogens with zero attached hydrogens (tertiary/aromatic N) is 1. The van der Waals surface area contributed by atoms with Crippen molar-refractivity contribution in [2.75, 3.05) is 0 Å². The fourth-order valence-corrected chi connectivity index (χ4v) is 1.78. The van der Waals surface area contributed by atoms with Crippen molar-refractivity contribution >= 4 is 0 Å². The van der Waals surface area contributed by atoms with Gasteiger partial charge in [-0.15, -0.1) is 0 Å². The molecule has 0 fully saturated rings. The minimum Gasteiger partial charge on any atom is -0.487 e. The van der Waals surface area contributed by atoms with Crippen LogP contribution in [-0.4, -0.2) is 10.5 Å². The zero-order valence-electron chi connectivity index (χ0n) is 12.7. The van der Waals surface area contributed by atoms with Gasteiger partial charge in [-0.1, -0.05) is 12.1 Å². The van der Waals surface area contributed by atoms with E-state index in [0.29, 0.717) is 18.9 Å². The van der Waals surface area contributed by atoms with E-state index in [1.807, 2.05) is 18.2 Å². The molecule has 0 amide bonds. The lowest BCUT2D eigenvalue weighted by Crippen LogP contribution is -2.35. The Morgan fingerprint density at radius 3 is 2.52 bits per heavy atom. The number of ether oxygens (including phenoxy) is 1. The topological polar surface area (TPSA) is 34.1 Å². The van der Waals surface area contributed by atoms with Gasteiger partial charge in [-0.05, 0) is 45.0 Å². The van der Waals surface area contributed by atoms with Crippen LogP contribution in [0, 0.1) is 5.82 Å². The van der Waals surface area contributed by atoms with Gasteiger partial charge in [-0.3, -0.25) is 4.98 Å². The standard InChI is InChI=1S/C17H21FN2O/c1-17(2,3)19-11-14-7-5-8-15(20-14)12-21-16-9-4-6-13(18)10-16/h4-10,19H,11-12H2,1-3H3. The molecule has 0 spiro atoms. The van der Waals surface area contributed by atoms with Gasteiger partial charge in [0.05, 0.1) is 11.4 Å². The summed E-state index contributed by atoms with van der Waals surface area (Å²) in [5, 5.41) is 3.39. The van der Waals surface area contributed by atoms with Crippen molar-refractivity contribution in [2.24, 2.45) is 0 Å². The summed E-state index contributed by atoms with van der Waals surface area (Å²) in [6.07, 6.45) is 0. The van der Waals surface area contributed by atoms with Crippen LogP contribution in [0.4, 0.5) is 4.39 Å². The van der Waals surface area contributed by atoms with E-state index in [1.54, 1.807) is 12.1 Å². The van der Waals surface area contributed by atoms with Gasteiger partial charge in [0.15, 0.2) is 0 Å². The first-order valence-electron chi connectivity index (χ1n) is 7.01. The Morgan fingerprint density at radius 2 is 1.81 bits per heavy atom. The molecular formula is C17H21FN2O. The van der Waals surface area contributed by atoms with E-state index in [4.69, 9.17) is 4.74 Å². The molecule has 0 aliphatic carbocycles. The molecule has 0 saturated carbocycles. The van der Waals surface area contributed by atoms with Crippen LogP contribution in [0.2, 0.25) is 0 Å². The van der Waals surface area contributed by atoms with E-state index in [9.17, 15) is 4.39 Å². The monoisotopic (exact) mass is 288 g/mol. The first kappa shape index (κ1) is 15.4. The van der Waals surface area contributed by atoms with Gasteiger partial charge >= 0.3 is 0 Å². The smallest absolute Gasteiger partial charge is 0.130 e. The molecule has 0 atom stereocenters. The van der Waals surface area contributed by atoms with Crippen LogP contribution in [0.1, 0.15) is 32.2 Å². The summed E-state index contributed by atoms with van der Waals surface area (Å²) in [7, 11) is 0. The lowest BCUT2D eigenvalue weighted by molar-refractivity contribution is 0.299. The molecular weight excluding hydrogens is 267 g/mol. The first-order chi connectivity index (χ1) is 9.92. The molecule has 0 aliphatic heterocycles. The molecule has 1 aromatic heterocycles. The van der Waals surface area contributed by atoms with E-state index < -0.39 is 0 Å². The van der Waals surface area contributed by atoms with Gasteiger partial charge in [0, 0.05) is 18.2 Å². The molecule has 3 nitrogen and oxygen atoms in total. The summed E-state index contributed by atoms with van der Waals surface area (Å²) < 4.78 is 18.6. The Labute approximate surface area is 125 Å². The van der Waals surface area contributed by atoms with E-state index >= 15 is 0 Å². The van der Waals surface area contributed by atoms with Gasteiger partial charge in [0.1, 0.15) is 18.2 Å². The van der Waals surface area contributed by atoms with Gasteiger partial charge in [-0.2, -0.15) is 0 Å². The third kappa shape index (κ3) is 5.52. The highest BCUT2D eigenvalue weighted by atomic mass is 19.1. The molecule has 1 aromatic carbocycles. The van der Waals surface area contributed by atoms with Crippen molar-refractivity contribution in [3.8, 4) is 5.75 Å². The number of benzene rings is 1. The van der Waals surface area contributed by atoms with Crippen LogP contribution < -0.4 is 10.1 Å². The van der Waals surface area contributed by atoms with Crippen LogP contribution in [-0.2, 0) is 13.2 Å². The van der Waals surface area contributed by atoms with Gasteiger partial charge in [-0.25, -0.2) is 4.39 Å². The lowest BCUT2D eigenvalue weighted by atomic mass is 10.1. The summed E-state index contributed by atoms with van der Waals surface area (Å²) in [4.78, 5) is 4.53. The van der Waals surface area contributed by atoms with Crippen LogP contribution in [0.15, 0.2) is 42.5 Å². The predicted molar refractivity (Wildman–Crippen MR) is 81.6 cm³/mol. The van der Waals surface area contributed by atoms with Crippen molar-refractivity contribution in [3.63, 3.8) is 0 Å². The van der Waals surface area contributed by atoms with Gasteiger partial charge < -0.3 is 10.1 Å². The molecule has 0 unspecified atom stereocenters. The average Bonchev–Trinajstić information content (AvgIpc) is 2.43. The molecule has 0 saturated heterocycles. The van der Waals surface area contributed by atoms with Gasteiger partial charge in [0.25, 0.3) is 0 Å². The molecule has 0 aliphatic rings. The maximum absolute atomic E-state index is 13.1. The van der Waals surface area contributed by atoms with Crippen molar-refractivity contribution in [2.45, 2.75) is 39.5 Å². The van der Waals surface area contributed by atoms with Crippen molar-refractivity contribution < 1.29 is 9.13 Å². The van der Waals surface area contributed by atoms with Crippen LogP contribution >= 0.6 is 0 Å². The fraction of sp³-hybridized carbons (Fsp3) is 0.353. The van der Waals surface area contributed by atoms with Crippen molar-refractivity contribution in [3.05, 3.63) is 59.7 Å². The second-order valence-electron chi connectivity index (χ2n) is 5.97. The molecule has 1 heterocycles. The second-order valence-corrected chi connectivity index (χ2v) is 5.97. The highest BCUT2D eigenvalue weighted by Crippen LogP contribution is 2.13. The Bertz CT molecular complexity index is 593. The highest BCUT2D eigenvalue weighted by molar-refractivity contribution is 5.23. The van der Waals surface area contributed by atoms with Crippen molar-refractivity contribution in [1.29, 1.82) is 0 Å². The van der Waals surface area contributed by atoms with Crippen LogP contribution in [0.25, 0.3) is 0 Å². The Morgan fingerprint density at radius 1 is 1.10 bits per heavy atom. The largest absolute Gasteiger partial charge is 0.487 e. The minimum absolute atomic E-state index is 0.0513. The summed E-state index contributed by atoms with van der Waals surface area (Å²) >= 11 is 0. The molecule has 2 aromatic rings. The predicted octanol–water partition coefficient (Wildman–Crippen LogP) is 3.69. The normalized spacial score (nSPS) is 11.4.